The van der Waals surface area contributed by atoms with E-state index in [9.17, 15) is 14.4 Å². The van der Waals surface area contributed by atoms with Crippen LogP contribution in [0.5, 0.6) is 0 Å². The molecule has 0 unspecified atom stereocenters. The van der Waals surface area contributed by atoms with Crippen molar-refractivity contribution in [3.63, 3.8) is 0 Å². The molecule has 0 fully saturated rings. The molecule has 1 N–H and O–H groups in total. The average molecular weight is 357 g/mol. The maximum Gasteiger partial charge on any atom is 0.336 e. The Kier molecular flexibility index (Phi) is 4.34. The maximum atomic E-state index is 13.0. The second-order valence-electron chi connectivity index (χ2n) is 6.78. The molecule has 3 rings (SSSR count). The third-order valence-corrected chi connectivity index (χ3v) is 4.48. The fraction of sp³-hybridized carbons (Fsp3) is 0.278. The Balaban J connectivity index is 2.19. The fourth-order valence-electron chi connectivity index (χ4n) is 2.65. The minimum absolute atomic E-state index is 0.142. The molecular weight excluding hydrogens is 338 g/mol. The van der Waals surface area contributed by atoms with Gasteiger partial charge in [0.15, 0.2) is 0 Å². The van der Waals surface area contributed by atoms with Crippen LogP contribution in [0.2, 0.25) is 0 Å². The summed E-state index contributed by atoms with van der Waals surface area (Å²) < 4.78 is 2.91. The first-order chi connectivity index (χ1) is 11.8. The molecule has 1 amide bonds. The first-order valence-electron chi connectivity index (χ1n) is 7.87. The van der Waals surface area contributed by atoms with Crippen molar-refractivity contribution < 1.29 is 4.79 Å². The van der Waals surface area contributed by atoms with Crippen LogP contribution in [0.3, 0.4) is 0 Å². The zero-order valence-corrected chi connectivity index (χ0v) is 15.1. The van der Waals surface area contributed by atoms with Crippen LogP contribution in [-0.2, 0) is 11.3 Å². The SMILES string of the molecule is CC(C)(C)NC(=O)Cn1c(=O)n(-c2ccccc2)c(=O)c2sccc21. The number of hydrogen-bond donors (Lipinski definition) is 1. The van der Waals surface area contributed by atoms with E-state index in [1.807, 2.05) is 26.8 Å². The summed E-state index contributed by atoms with van der Waals surface area (Å²) in [6.07, 6.45) is 0. The van der Waals surface area contributed by atoms with E-state index in [-0.39, 0.29) is 18.0 Å². The number of benzene rings is 1. The van der Waals surface area contributed by atoms with Gasteiger partial charge in [0, 0.05) is 5.54 Å². The van der Waals surface area contributed by atoms with Gasteiger partial charge in [-0.3, -0.25) is 14.2 Å². The fourth-order valence-corrected chi connectivity index (χ4v) is 3.47. The van der Waals surface area contributed by atoms with Gasteiger partial charge in [-0.2, -0.15) is 0 Å². The lowest BCUT2D eigenvalue weighted by Crippen LogP contribution is -2.45. The summed E-state index contributed by atoms with van der Waals surface area (Å²) in [5.74, 6) is -0.277. The van der Waals surface area contributed by atoms with Crippen molar-refractivity contribution in [2.24, 2.45) is 0 Å². The number of thiophene rings is 1. The van der Waals surface area contributed by atoms with Crippen LogP contribution in [0.15, 0.2) is 51.4 Å². The van der Waals surface area contributed by atoms with Crippen LogP contribution in [0.25, 0.3) is 15.9 Å². The molecule has 0 spiro atoms. The van der Waals surface area contributed by atoms with E-state index in [4.69, 9.17) is 0 Å². The zero-order chi connectivity index (χ0) is 18.2. The lowest BCUT2D eigenvalue weighted by Gasteiger charge is -2.21. The Morgan fingerprint density at radius 3 is 2.44 bits per heavy atom. The van der Waals surface area contributed by atoms with Crippen LogP contribution in [0, 0.1) is 0 Å². The van der Waals surface area contributed by atoms with Crippen molar-refractivity contribution in [3.05, 3.63) is 62.6 Å². The van der Waals surface area contributed by atoms with E-state index in [1.165, 1.54) is 15.9 Å². The summed E-state index contributed by atoms with van der Waals surface area (Å²) >= 11 is 1.26. The van der Waals surface area contributed by atoms with Crippen molar-refractivity contribution >= 4 is 27.5 Å². The molecule has 130 valence electrons. The Hall–Kier alpha value is -2.67. The summed E-state index contributed by atoms with van der Waals surface area (Å²) in [6.45, 7) is 5.48. The molecule has 1 aromatic carbocycles. The number of aromatic nitrogens is 2. The van der Waals surface area contributed by atoms with Gasteiger partial charge in [0.05, 0.1) is 11.2 Å². The van der Waals surface area contributed by atoms with Gasteiger partial charge in [0.25, 0.3) is 5.56 Å². The summed E-state index contributed by atoms with van der Waals surface area (Å²) in [5.41, 5.74) is -0.323. The third kappa shape index (κ3) is 3.41. The van der Waals surface area contributed by atoms with Gasteiger partial charge < -0.3 is 5.32 Å². The van der Waals surface area contributed by atoms with E-state index in [2.05, 4.69) is 5.32 Å². The van der Waals surface area contributed by atoms with Crippen LogP contribution >= 0.6 is 11.3 Å². The van der Waals surface area contributed by atoms with Crippen LogP contribution in [0.4, 0.5) is 0 Å². The summed E-state index contributed by atoms with van der Waals surface area (Å²) in [7, 11) is 0. The normalized spacial score (nSPS) is 11.6. The van der Waals surface area contributed by atoms with Crippen LogP contribution in [0.1, 0.15) is 20.8 Å². The number of amides is 1. The molecule has 0 aliphatic heterocycles. The van der Waals surface area contributed by atoms with Crippen molar-refractivity contribution in [2.45, 2.75) is 32.9 Å². The van der Waals surface area contributed by atoms with E-state index in [0.717, 1.165) is 4.57 Å². The number of carbonyl (C=O) groups excluding carboxylic acids is 1. The van der Waals surface area contributed by atoms with E-state index in [0.29, 0.717) is 15.9 Å². The molecule has 2 aromatic heterocycles. The number of hydrogen-bond acceptors (Lipinski definition) is 4. The Morgan fingerprint density at radius 1 is 1.12 bits per heavy atom. The molecule has 0 radical (unpaired) electrons. The summed E-state index contributed by atoms with van der Waals surface area (Å²) in [5, 5.41) is 4.59. The first-order valence-corrected chi connectivity index (χ1v) is 8.75. The Bertz CT molecular complexity index is 1040. The van der Waals surface area contributed by atoms with Crippen molar-refractivity contribution in [2.75, 3.05) is 0 Å². The molecule has 3 aromatic rings. The molecule has 0 saturated carbocycles. The van der Waals surface area contributed by atoms with Gasteiger partial charge in [0.2, 0.25) is 5.91 Å². The van der Waals surface area contributed by atoms with Crippen molar-refractivity contribution in [3.8, 4) is 5.69 Å². The summed E-state index contributed by atoms with van der Waals surface area (Å²) in [4.78, 5) is 38.0. The largest absolute Gasteiger partial charge is 0.350 e. The van der Waals surface area contributed by atoms with Gasteiger partial charge in [-0.1, -0.05) is 18.2 Å². The summed E-state index contributed by atoms with van der Waals surface area (Å²) in [6, 6.07) is 10.4. The Labute approximate surface area is 148 Å². The lowest BCUT2D eigenvalue weighted by molar-refractivity contribution is -0.123. The predicted molar refractivity (Wildman–Crippen MR) is 99.6 cm³/mol. The number of para-hydroxylation sites is 1. The number of nitrogens with one attached hydrogen (secondary N) is 1. The second-order valence-corrected chi connectivity index (χ2v) is 7.69. The van der Waals surface area contributed by atoms with Gasteiger partial charge in [-0.25, -0.2) is 9.36 Å². The lowest BCUT2D eigenvalue weighted by atomic mass is 10.1. The molecule has 6 nitrogen and oxygen atoms in total. The highest BCUT2D eigenvalue weighted by molar-refractivity contribution is 7.17. The van der Waals surface area contributed by atoms with Gasteiger partial charge in [-0.15, -0.1) is 11.3 Å². The molecule has 0 aliphatic carbocycles. The quantitative estimate of drug-likeness (QED) is 0.780. The van der Waals surface area contributed by atoms with E-state index in [1.54, 1.807) is 35.7 Å². The van der Waals surface area contributed by atoms with E-state index >= 15 is 0 Å². The highest BCUT2D eigenvalue weighted by Crippen LogP contribution is 2.16. The smallest absolute Gasteiger partial charge is 0.336 e. The zero-order valence-electron chi connectivity index (χ0n) is 14.3. The molecule has 0 aliphatic rings. The maximum absolute atomic E-state index is 13.0. The molecular formula is C18H19N3O3S. The number of fused-ring (bicyclic) bond motifs is 1. The predicted octanol–water partition coefficient (Wildman–Crippen LogP) is 2.13. The highest BCUT2D eigenvalue weighted by Gasteiger charge is 2.19. The van der Waals surface area contributed by atoms with Crippen LogP contribution in [-0.4, -0.2) is 20.6 Å². The van der Waals surface area contributed by atoms with Gasteiger partial charge in [0.1, 0.15) is 11.2 Å². The number of nitrogens with zero attached hydrogens (tertiary/aromatic N) is 2. The molecule has 0 saturated heterocycles. The van der Waals surface area contributed by atoms with Crippen molar-refractivity contribution in [1.29, 1.82) is 0 Å². The first kappa shape index (κ1) is 17.2. The van der Waals surface area contributed by atoms with Gasteiger partial charge in [-0.05, 0) is 44.4 Å². The average Bonchev–Trinajstić information content (AvgIpc) is 3.01. The van der Waals surface area contributed by atoms with E-state index < -0.39 is 11.2 Å². The standard InChI is InChI=1S/C18H19N3O3S/c1-18(2,3)19-14(22)11-20-13-9-10-25-15(13)16(23)21(17(20)24)12-7-5-4-6-8-12/h4-10H,11H2,1-3H3,(H,19,22). The molecule has 7 heteroatoms. The minimum Gasteiger partial charge on any atom is -0.350 e. The van der Waals surface area contributed by atoms with Gasteiger partial charge >= 0.3 is 5.69 Å². The molecule has 0 atom stereocenters. The topological polar surface area (TPSA) is 73.1 Å². The number of rotatable bonds is 3. The second kappa shape index (κ2) is 6.33. The molecule has 25 heavy (non-hydrogen) atoms. The molecule has 2 heterocycles. The monoisotopic (exact) mass is 357 g/mol. The molecule has 0 bridgehead atoms. The van der Waals surface area contributed by atoms with Crippen molar-refractivity contribution in [1.82, 2.24) is 14.5 Å². The third-order valence-electron chi connectivity index (χ3n) is 3.59. The Morgan fingerprint density at radius 2 is 1.80 bits per heavy atom. The highest BCUT2D eigenvalue weighted by atomic mass is 32.1. The number of carbonyl (C=O) groups is 1. The van der Waals surface area contributed by atoms with Crippen LogP contribution < -0.4 is 16.6 Å². The minimum atomic E-state index is -0.522.